The van der Waals surface area contributed by atoms with Crippen molar-refractivity contribution in [2.24, 2.45) is 0 Å². The number of alkyl halides is 3. The summed E-state index contributed by atoms with van der Waals surface area (Å²) in [6, 6.07) is 8.04. The third-order valence-corrected chi connectivity index (χ3v) is 4.14. The fourth-order valence-corrected chi connectivity index (χ4v) is 2.85. The lowest BCUT2D eigenvalue weighted by Crippen LogP contribution is -2.28. The molecule has 1 aromatic heterocycles. The predicted octanol–water partition coefficient (Wildman–Crippen LogP) is 2.63. The molecule has 0 spiro atoms. The average molecular weight is 379 g/mol. The lowest BCUT2D eigenvalue weighted by atomic mass is 10.2. The van der Waals surface area contributed by atoms with E-state index in [0.717, 1.165) is 12.5 Å². The van der Waals surface area contributed by atoms with Crippen LogP contribution in [0.1, 0.15) is 18.4 Å². The van der Waals surface area contributed by atoms with E-state index in [1.54, 1.807) is 29.2 Å². The summed E-state index contributed by atoms with van der Waals surface area (Å²) >= 11 is 0. The van der Waals surface area contributed by atoms with E-state index in [2.05, 4.69) is 5.32 Å². The van der Waals surface area contributed by atoms with Crippen LogP contribution in [0.2, 0.25) is 0 Å². The second-order valence-corrected chi connectivity index (χ2v) is 6.13. The van der Waals surface area contributed by atoms with Gasteiger partial charge in [0.25, 0.3) is 5.56 Å². The molecule has 1 fully saturated rings. The number of anilines is 2. The summed E-state index contributed by atoms with van der Waals surface area (Å²) in [6.07, 6.45) is -2.77. The average Bonchev–Trinajstić information content (AvgIpc) is 3.02. The Morgan fingerprint density at radius 2 is 1.93 bits per heavy atom. The molecule has 1 aliphatic rings. The van der Waals surface area contributed by atoms with Gasteiger partial charge in [-0.3, -0.25) is 14.4 Å². The second-order valence-electron chi connectivity index (χ2n) is 6.13. The zero-order valence-electron chi connectivity index (χ0n) is 14.1. The molecule has 3 rings (SSSR count). The molecule has 1 aromatic carbocycles. The normalized spacial score (nSPS) is 14.5. The molecule has 0 atom stereocenters. The van der Waals surface area contributed by atoms with Crippen molar-refractivity contribution >= 4 is 23.2 Å². The van der Waals surface area contributed by atoms with Gasteiger partial charge in [-0.15, -0.1) is 0 Å². The van der Waals surface area contributed by atoms with E-state index >= 15 is 0 Å². The van der Waals surface area contributed by atoms with Gasteiger partial charge < -0.3 is 14.8 Å². The summed E-state index contributed by atoms with van der Waals surface area (Å²) in [5.41, 5.74) is -0.706. The largest absolute Gasteiger partial charge is 0.417 e. The summed E-state index contributed by atoms with van der Waals surface area (Å²) < 4.78 is 39.0. The fraction of sp³-hybridized carbons (Fsp3) is 0.278. The molecule has 27 heavy (non-hydrogen) atoms. The first-order valence-electron chi connectivity index (χ1n) is 8.22. The molecule has 0 saturated carbocycles. The van der Waals surface area contributed by atoms with Crippen LogP contribution in [0, 0.1) is 0 Å². The maximum absolute atomic E-state index is 12.8. The summed E-state index contributed by atoms with van der Waals surface area (Å²) in [7, 11) is 0. The molecule has 2 amide bonds. The molecule has 0 unspecified atom stereocenters. The molecule has 0 aliphatic carbocycles. The van der Waals surface area contributed by atoms with E-state index < -0.39 is 29.8 Å². The van der Waals surface area contributed by atoms with Gasteiger partial charge >= 0.3 is 6.18 Å². The summed E-state index contributed by atoms with van der Waals surface area (Å²) in [5, 5.41) is 2.54. The number of hydrogen-bond donors (Lipinski definition) is 1. The number of carbonyl (C=O) groups is 2. The van der Waals surface area contributed by atoms with Crippen molar-refractivity contribution in [3.63, 3.8) is 0 Å². The third-order valence-electron chi connectivity index (χ3n) is 4.14. The fourth-order valence-electron chi connectivity index (χ4n) is 2.85. The van der Waals surface area contributed by atoms with E-state index in [1.807, 2.05) is 0 Å². The first-order valence-corrected chi connectivity index (χ1v) is 8.22. The predicted molar refractivity (Wildman–Crippen MR) is 92.4 cm³/mol. The number of hydrogen-bond acceptors (Lipinski definition) is 3. The third kappa shape index (κ3) is 4.36. The van der Waals surface area contributed by atoms with Crippen molar-refractivity contribution in [1.29, 1.82) is 0 Å². The lowest BCUT2D eigenvalue weighted by Gasteiger charge is -2.17. The first-order chi connectivity index (χ1) is 12.7. The Hall–Kier alpha value is -3.10. The number of benzene rings is 1. The summed E-state index contributed by atoms with van der Waals surface area (Å²) in [4.78, 5) is 37.3. The molecule has 1 N–H and O–H groups in total. The number of aromatic nitrogens is 1. The molecular formula is C18H16F3N3O3. The van der Waals surface area contributed by atoms with Crippen molar-refractivity contribution in [2.45, 2.75) is 25.6 Å². The van der Waals surface area contributed by atoms with Crippen molar-refractivity contribution in [3.05, 3.63) is 58.5 Å². The quantitative estimate of drug-likeness (QED) is 0.888. The number of halogens is 3. The molecule has 2 aromatic rings. The van der Waals surface area contributed by atoms with Gasteiger partial charge in [0.1, 0.15) is 6.54 Å². The summed E-state index contributed by atoms with van der Waals surface area (Å²) in [5.74, 6) is -0.657. The topological polar surface area (TPSA) is 71.4 Å². The first kappa shape index (κ1) is 18.7. The lowest BCUT2D eigenvalue weighted by molar-refractivity contribution is -0.138. The van der Waals surface area contributed by atoms with Crippen LogP contribution < -0.4 is 15.8 Å². The highest BCUT2D eigenvalue weighted by atomic mass is 19.4. The maximum Gasteiger partial charge on any atom is 0.417 e. The number of rotatable bonds is 4. The molecule has 0 radical (unpaired) electrons. The van der Waals surface area contributed by atoms with E-state index in [4.69, 9.17) is 0 Å². The van der Waals surface area contributed by atoms with Crippen LogP contribution >= 0.6 is 0 Å². The standard InChI is InChI=1S/C18H16F3N3O3/c19-18(20,21)12-6-7-16(26)23(10-12)11-15(25)22-13-3-1-4-14(9-13)24-8-2-5-17(24)27/h1,3-4,6-7,9-10H,2,5,8,11H2,(H,22,25). The number of pyridine rings is 1. The van der Waals surface area contributed by atoms with Gasteiger partial charge in [-0.05, 0) is 30.7 Å². The second kappa shape index (κ2) is 7.26. The number of nitrogens with zero attached hydrogens (tertiary/aromatic N) is 2. The van der Waals surface area contributed by atoms with Crippen LogP contribution in [0.5, 0.6) is 0 Å². The van der Waals surface area contributed by atoms with Gasteiger partial charge in [0.15, 0.2) is 0 Å². The smallest absolute Gasteiger partial charge is 0.324 e. The molecule has 1 aliphatic heterocycles. The molecule has 6 nitrogen and oxygen atoms in total. The Morgan fingerprint density at radius 1 is 1.15 bits per heavy atom. The minimum absolute atomic E-state index is 0.00556. The molecule has 142 valence electrons. The number of nitrogens with one attached hydrogen (secondary N) is 1. The van der Waals surface area contributed by atoms with Crippen LogP contribution in [0.15, 0.2) is 47.4 Å². The van der Waals surface area contributed by atoms with E-state index in [9.17, 15) is 27.6 Å². The zero-order chi connectivity index (χ0) is 19.6. The van der Waals surface area contributed by atoms with Gasteiger partial charge in [0.2, 0.25) is 11.8 Å². The van der Waals surface area contributed by atoms with Crippen LogP contribution in [-0.2, 0) is 22.3 Å². The van der Waals surface area contributed by atoms with Crippen LogP contribution in [0.3, 0.4) is 0 Å². The van der Waals surface area contributed by atoms with E-state index in [0.29, 0.717) is 41.2 Å². The molecule has 9 heteroatoms. The van der Waals surface area contributed by atoms with Crippen molar-refractivity contribution in [3.8, 4) is 0 Å². The monoisotopic (exact) mass is 379 g/mol. The van der Waals surface area contributed by atoms with E-state index in [-0.39, 0.29) is 5.91 Å². The minimum Gasteiger partial charge on any atom is -0.324 e. The van der Waals surface area contributed by atoms with Gasteiger partial charge in [-0.2, -0.15) is 13.2 Å². The highest BCUT2D eigenvalue weighted by Crippen LogP contribution is 2.28. The SMILES string of the molecule is O=C(Cn1cc(C(F)(F)F)ccc1=O)Nc1cccc(N2CCCC2=O)c1. The Kier molecular flexibility index (Phi) is 5.02. The van der Waals surface area contributed by atoms with Gasteiger partial charge in [-0.25, -0.2) is 0 Å². The van der Waals surface area contributed by atoms with E-state index in [1.165, 1.54) is 0 Å². The maximum atomic E-state index is 12.8. The Bertz CT molecular complexity index is 937. The van der Waals surface area contributed by atoms with Crippen molar-refractivity contribution < 1.29 is 22.8 Å². The van der Waals surface area contributed by atoms with Crippen molar-refractivity contribution in [2.75, 3.05) is 16.8 Å². The molecular weight excluding hydrogens is 363 g/mol. The van der Waals surface area contributed by atoms with Crippen LogP contribution in [0.25, 0.3) is 0 Å². The molecule has 0 bridgehead atoms. The van der Waals surface area contributed by atoms with Crippen LogP contribution in [0.4, 0.5) is 24.5 Å². The minimum atomic E-state index is -4.61. The Balaban J connectivity index is 1.73. The molecule has 2 heterocycles. The van der Waals surface area contributed by atoms with Crippen LogP contribution in [-0.4, -0.2) is 22.9 Å². The highest BCUT2D eigenvalue weighted by molar-refractivity contribution is 5.97. The highest BCUT2D eigenvalue weighted by Gasteiger charge is 2.31. The zero-order valence-corrected chi connectivity index (χ0v) is 14.1. The van der Waals surface area contributed by atoms with Crippen molar-refractivity contribution in [1.82, 2.24) is 4.57 Å². The van der Waals surface area contributed by atoms with Gasteiger partial charge in [0, 0.05) is 36.6 Å². The van der Waals surface area contributed by atoms with Gasteiger partial charge in [-0.1, -0.05) is 6.07 Å². The summed E-state index contributed by atoms with van der Waals surface area (Å²) in [6.45, 7) is 0.0332. The number of carbonyl (C=O) groups excluding carboxylic acids is 2. The Labute approximate surface area is 152 Å². The Morgan fingerprint density at radius 3 is 2.59 bits per heavy atom. The van der Waals surface area contributed by atoms with Gasteiger partial charge in [0.05, 0.1) is 5.56 Å². The number of amides is 2. The molecule has 1 saturated heterocycles.